The Kier molecular flexibility index (Phi) is 2.65. The van der Waals surface area contributed by atoms with Gasteiger partial charge in [0.15, 0.2) is 0 Å². The van der Waals surface area contributed by atoms with Gasteiger partial charge >= 0.3 is 0 Å². The Balaban J connectivity index is 1.81. The Morgan fingerprint density at radius 3 is 3.00 bits per heavy atom. The predicted octanol–water partition coefficient (Wildman–Crippen LogP) is 1.91. The van der Waals surface area contributed by atoms with Crippen LogP contribution in [0.25, 0.3) is 0 Å². The van der Waals surface area contributed by atoms with Gasteiger partial charge in [-0.05, 0) is 24.1 Å². The molecule has 17 heavy (non-hydrogen) atoms. The first-order chi connectivity index (χ1) is 8.33. The molecule has 0 saturated carbocycles. The van der Waals surface area contributed by atoms with E-state index in [1.807, 2.05) is 24.7 Å². The summed E-state index contributed by atoms with van der Waals surface area (Å²) in [6.07, 6.45) is 4.64. The number of nitrogens with zero attached hydrogens (tertiary/aromatic N) is 2. The molecule has 2 aromatic rings. The van der Waals surface area contributed by atoms with Crippen LogP contribution in [0.3, 0.4) is 0 Å². The summed E-state index contributed by atoms with van der Waals surface area (Å²) in [4.78, 5) is 4.17. The molecular formula is C13H14FN3. The highest BCUT2D eigenvalue weighted by molar-refractivity contribution is 5.20. The maximum absolute atomic E-state index is 12.8. The fourth-order valence-corrected chi connectivity index (χ4v) is 2.30. The number of imidazole rings is 1. The molecule has 2 heterocycles. The van der Waals surface area contributed by atoms with E-state index in [2.05, 4.69) is 14.9 Å². The minimum Gasteiger partial charge on any atom is -0.332 e. The lowest BCUT2D eigenvalue weighted by atomic mass is 10.0. The second-order valence-electron chi connectivity index (χ2n) is 4.35. The predicted molar refractivity (Wildman–Crippen MR) is 63.1 cm³/mol. The molecule has 0 spiro atoms. The van der Waals surface area contributed by atoms with Crippen molar-refractivity contribution in [3.63, 3.8) is 0 Å². The Bertz CT molecular complexity index is 504. The van der Waals surface area contributed by atoms with Gasteiger partial charge in [0.1, 0.15) is 5.82 Å². The minimum absolute atomic E-state index is 0.185. The van der Waals surface area contributed by atoms with Crippen molar-refractivity contribution in [2.45, 2.75) is 19.0 Å². The zero-order valence-electron chi connectivity index (χ0n) is 9.44. The molecule has 3 nitrogen and oxygen atoms in total. The topological polar surface area (TPSA) is 29.9 Å². The van der Waals surface area contributed by atoms with Gasteiger partial charge in [0.25, 0.3) is 0 Å². The fourth-order valence-electron chi connectivity index (χ4n) is 2.30. The van der Waals surface area contributed by atoms with E-state index >= 15 is 0 Å². The number of hydrogen-bond acceptors (Lipinski definition) is 2. The van der Waals surface area contributed by atoms with Crippen LogP contribution in [0.5, 0.6) is 0 Å². The lowest BCUT2D eigenvalue weighted by molar-refractivity contribution is 0.423. The second kappa shape index (κ2) is 4.30. The number of aromatic nitrogens is 2. The molecule has 1 aliphatic heterocycles. The summed E-state index contributed by atoms with van der Waals surface area (Å²) in [5, 5.41) is 3.47. The van der Waals surface area contributed by atoms with Crippen LogP contribution in [0.4, 0.5) is 4.39 Å². The summed E-state index contributed by atoms with van der Waals surface area (Å²) in [6.45, 7) is 1.92. The molecule has 0 saturated heterocycles. The van der Waals surface area contributed by atoms with Gasteiger partial charge in [0.05, 0.1) is 18.1 Å². The van der Waals surface area contributed by atoms with Crippen molar-refractivity contribution < 1.29 is 4.39 Å². The van der Waals surface area contributed by atoms with Gasteiger partial charge in [-0.2, -0.15) is 0 Å². The maximum atomic E-state index is 12.8. The van der Waals surface area contributed by atoms with Crippen LogP contribution in [-0.2, 0) is 13.0 Å². The second-order valence-corrected chi connectivity index (χ2v) is 4.35. The standard InChI is InChI=1S/C13H14FN3/c14-11-3-1-10(2-4-11)7-12-13-8-15-9-17(13)6-5-16-12/h1-4,8-9,12,16H,5-7H2. The highest BCUT2D eigenvalue weighted by Crippen LogP contribution is 2.21. The van der Waals surface area contributed by atoms with Gasteiger partial charge in [-0.15, -0.1) is 0 Å². The third kappa shape index (κ3) is 2.08. The average Bonchev–Trinajstić information content (AvgIpc) is 2.81. The molecule has 88 valence electrons. The first-order valence-electron chi connectivity index (χ1n) is 5.81. The minimum atomic E-state index is -0.185. The molecule has 0 radical (unpaired) electrons. The van der Waals surface area contributed by atoms with Crippen molar-refractivity contribution in [1.29, 1.82) is 0 Å². The molecule has 4 heteroatoms. The first kappa shape index (κ1) is 10.5. The van der Waals surface area contributed by atoms with Crippen LogP contribution in [0.1, 0.15) is 17.3 Å². The van der Waals surface area contributed by atoms with Gasteiger partial charge in [-0.25, -0.2) is 9.37 Å². The normalized spacial score (nSPS) is 19.0. The Hall–Kier alpha value is -1.68. The Morgan fingerprint density at radius 2 is 2.18 bits per heavy atom. The van der Waals surface area contributed by atoms with Crippen LogP contribution < -0.4 is 5.32 Å². The summed E-state index contributed by atoms with van der Waals surface area (Å²) in [6, 6.07) is 6.97. The summed E-state index contributed by atoms with van der Waals surface area (Å²) in [7, 11) is 0. The summed E-state index contributed by atoms with van der Waals surface area (Å²) < 4.78 is 15.0. The van der Waals surface area contributed by atoms with E-state index in [0.717, 1.165) is 25.1 Å². The number of hydrogen-bond donors (Lipinski definition) is 1. The van der Waals surface area contributed by atoms with Gasteiger partial charge in [-0.1, -0.05) is 12.1 Å². The van der Waals surface area contributed by atoms with E-state index in [1.165, 1.54) is 17.8 Å². The van der Waals surface area contributed by atoms with E-state index < -0.39 is 0 Å². The van der Waals surface area contributed by atoms with Crippen molar-refractivity contribution in [2.24, 2.45) is 0 Å². The number of halogens is 1. The first-order valence-corrected chi connectivity index (χ1v) is 5.81. The molecule has 1 aliphatic rings. The van der Waals surface area contributed by atoms with Crippen molar-refractivity contribution in [1.82, 2.24) is 14.9 Å². The quantitative estimate of drug-likeness (QED) is 0.855. The third-order valence-corrected chi connectivity index (χ3v) is 3.20. The number of rotatable bonds is 2. The zero-order chi connectivity index (χ0) is 11.7. The van der Waals surface area contributed by atoms with Gasteiger partial charge in [0, 0.05) is 19.3 Å². The molecule has 1 N–H and O–H groups in total. The van der Waals surface area contributed by atoms with E-state index in [-0.39, 0.29) is 11.9 Å². The summed E-state index contributed by atoms with van der Waals surface area (Å²) in [5.74, 6) is -0.185. The molecular weight excluding hydrogens is 217 g/mol. The Labute approximate surface area is 99.3 Å². The lowest BCUT2D eigenvalue weighted by Crippen LogP contribution is -2.33. The van der Waals surface area contributed by atoms with E-state index in [4.69, 9.17) is 0 Å². The van der Waals surface area contributed by atoms with Crippen LogP contribution >= 0.6 is 0 Å². The number of benzene rings is 1. The molecule has 0 fully saturated rings. The third-order valence-electron chi connectivity index (χ3n) is 3.20. The zero-order valence-corrected chi connectivity index (χ0v) is 9.44. The fraction of sp³-hybridized carbons (Fsp3) is 0.308. The van der Waals surface area contributed by atoms with Crippen LogP contribution in [0.2, 0.25) is 0 Å². The molecule has 0 amide bonds. The highest BCUT2D eigenvalue weighted by Gasteiger charge is 2.19. The average molecular weight is 231 g/mol. The molecule has 1 aromatic heterocycles. The molecule has 1 aromatic carbocycles. The van der Waals surface area contributed by atoms with E-state index in [9.17, 15) is 4.39 Å². The van der Waals surface area contributed by atoms with Crippen molar-refractivity contribution in [3.05, 3.63) is 53.9 Å². The smallest absolute Gasteiger partial charge is 0.123 e. The summed E-state index contributed by atoms with van der Waals surface area (Å²) in [5.41, 5.74) is 2.35. The van der Waals surface area contributed by atoms with Crippen LogP contribution in [-0.4, -0.2) is 16.1 Å². The van der Waals surface area contributed by atoms with E-state index in [0.29, 0.717) is 0 Å². The number of nitrogens with one attached hydrogen (secondary N) is 1. The van der Waals surface area contributed by atoms with Gasteiger partial charge in [-0.3, -0.25) is 0 Å². The van der Waals surface area contributed by atoms with Crippen molar-refractivity contribution in [3.8, 4) is 0 Å². The number of fused-ring (bicyclic) bond motifs is 1. The molecule has 1 unspecified atom stereocenters. The van der Waals surface area contributed by atoms with Crippen molar-refractivity contribution in [2.75, 3.05) is 6.54 Å². The Morgan fingerprint density at radius 1 is 1.35 bits per heavy atom. The molecule has 1 atom stereocenters. The van der Waals surface area contributed by atoms with Gasteiger partial charge in [0.2, 0.25) is 0 Å². The molecule has 0 aliphatic carbocycles. The largest absolute Gasteiger partial charge is 0.332 e. The van der Waals surface area contributed by atoms with Gasteiger partial charge < -0.3 is 9.88 Å². The van der Waals surface area contributed by atoms with Crippen LogP contribution in [0, 0.1) is 5.82 Å². The SMILES string of the molecule is Fc1ccc(CC2NCCn3cncc32)cc1. The molecule has 0 bridgehead atoms. The van der Waals surface area contributed by atoms with E-state index in [1.54, 1.807) is 0 Å². The summed E-state index contributed by atoms with van der Waals surface area (Å²) >= 11 is 0. The highest BCUT2D eigenvalue weighted by atomic mass is 19.1. The monoisotopic (exact) mass is 231 g/mol. The van der Waals surface area contributed by atoms with Crippen LogP contribution in [0.15, 0.2) is 36.8 Å². The molecule has 3 rings (SSSR count). The van der Waals surface area contributed by atoms with Crippen molar-refractivity contribution >= 4 is 0 Å². The lowest BCUT2D eigenvalue weighted by Gasteiger charge is -2.25. The maximum Gasteiger partial charge on any atom is 0.123 e.